The van der Waals surface area contributed by atoms with Crippen molar-refractivity contribution >= 4 is 21.8 Å². The Morgan fingerprint density at radius 3 is 2.40 bits per heavy atom. The highest BCUT2D eigenvalue weighted by atomic mass is 32.2. The molecule has 2 amide bonds. The number of fused-ring (bicyclic) bond motifs is 1. The molecule has 1 aromatic carbocycles. The number of carbonyl (C=O) groups excluding carboxylic acids is 2. The lowest BCUT2D eigenvalue weighted by Gasteiger charge is -2.47. The zero-order valence-electron chi connectivity index (χ0n) is 24.3. The predicted octanol–water partition coefficient (Wildman–Crippen LogP) is 3.06. The first-order valence-corrected chi connectivity index (χ1v) is 16.5. The number of likely N-dealkylation sites (tertiary alicyclic amines) is 1. The second-order valence-electron chi connectivity index (χ2n) is 13.1. The summed E-state index contributed by atoms with van der Waals surface area (Å²) in [5, 5.41) is 16.8. The van der Waals surface area contributed by atoms with Crippen LogP contribution in [0.25, 0.3) is 0 Å². The fourth-order valence-corrected chi connectivity index (χ4v) is 8.14. The van der Waals surface area contributed by atoms with Crippen molar-refractivity contribution in [1.82, 2.24) is 15.5 Å². The van der Waals surface area contributed by atoms with Gasteiger partial charge in [-0.05, 0) is 70.8 Å². The van der Waals surface area contributed by atoms with Gasteiger partial charge >= 0.3 is 6.09 Å². The number of aliphatic hydroxyl groups is 1. The van der Waals surface area contributed by atoms with Crippen LogP contribution in [0.4, 0.5) is 4.79 Å². The summed E-state index contributed by atoms with van der Waals surface area (Å²) in [4.78, 5) is 28.5. The van der Waals surface area contributed by atoms with E-state index in [4.69, 9.17) is 4.74 Å². The van der Waals surface area contributed by atoms with Gasteiger partial charge in [0.25, 0.3) is 0 Å². The number of sulfone groups is 1. The van der Waals surface area contributed by atoms with Crippen LogP contribution in [0.5, 0.6) is 0 Å². The van der Waals surface area contributed by atoms with E-state index in [2.05, 4.69) is 15.5 Å². The van der Waals surface area contributed by atoms with Crippen molar-refractivity contribution < 1.29 is 27.9 Å². The highest BCUT2D eigenvalue weighted by Crippen LogP contribution is 2.39. The first-order chi connectivity index (χ1) is 18.8. The summed E-state index contributed by atoms with van der Waals surface area (Å²) in [7, 11) is -3.27. The van der Waals surface area contributed by atoms with E-state index in [1.807, 2.05) is 51.1 Å². The zero-order valence-corrected chi connectivity index (χ0v) is 25.2. The molecule has 3 N–H and O–H groups in total. The molecule has 9 nitrogen and oxygen atoms in total. The minimum Gasteiger partial charge on any atom is -0.445 e. The van der Waals surface area contributed by atoms with E-state index in [-0.39, 0.29) is 36.2 Å². The van der Waals surface area contributed by atoms with Crippen molar-refractivity contribution in [3.05, 3.63) is 35.9 Å². The van der Waals surface area contributed by atoms with Crippen molar-refractivity contribution in [2.75, 3.05) is 18.8 Å². The summed E-state index contributed by atoms with van der Waals surface area (Å²) in [5.41, 5.74) is 0.577. The molecular formula is C30H47N3O6S. The fraction of sp³-hybridized carbons (Fsp3) is 0.733. The quantitative estimate of drug-likeness (QED) is 0.434. The lowest BCUT2D eigenvalue weighted by molar-refractivity contribution is -0.132. The fourth-order valence-electron chi connectivity index (χ4n) is 6.56. The molecule has 10 heteroatoms. The number of alkyl carbamates (subject to hydrolysis) is 1. The Bertz CT molecular complexity index is 1120. The number of rotatable bonds is 8. The van der Waals surface area contributed by atoms with Crippen molar-refractivity contribution in [3.8, 4) is 0 Å². The number of benzene rings is 1. The topological polar surface area (TPSA) is 125 Å². The smallest absolute Gasteiger partial charge is 0.407 e. The van der Waals surface area contributed by atoms with Gasteiger partial charge in [-0.1, -0.05) is 49.6 Å². The van der Waals surface area contributed by atoms with Gasteiger partial charge in [0.1, 0.15) is 6.10 Å². The molecule has 0 unspecified atom stereocenters. The summed E-state index contributed by atoms with van der Waals surface area (Å²) in [6.07, 6.45) is 3.65. The molecule has 0 radical (unpaired) electrons. The highest BCUT2D eigenvalue weighted by molar-refractivity contribution is 7.92. The van der Waals surface area contributed by atoms with E-state index in [0.29, 0.717) is 18.3 Å². The second kappa shape index (κ2) is 12.8. The van der Waals surface area contributed by atoms with E-state index in [1.54, 1.807) is 6.92 Å². The van der Waals surface area contributed by atoms with Gasteiger partial charge in [-0.25, -0.2) is 13.2 Å². The average molecular weight is 578 g/mol. The summed E-state index contributed by atoms with van der Waals surface area (Å²) in [6.45, 7) is 8.45. The number of amides is 2. The lowest BCUT2D eigenvalue weighted by atomic mass is 9.72. The van der Waals surface area contributed by atoms with Crippen LogP contribution < -0.4 is 10.6 Å². The lowest BCUT2D eigenvalue weighted by Crippen LogP contribution is -2.60. The van der Waals surface area contributed by atoms with Crippen LogP contribution in [0.3, 0.4) is 0 Å². The third kappa shape index (κ3) is 7.97. The molecule has 2 aliphatic heterocycles. The van der Waals surface area contributed by atoms with Crippen LogP contribution in [0.2, 0.25) is 0 Å². The maximum absolute atomic E-state index is 13.4. The molecule has 224 valence electrons. The Hall–Kier alpha value is -2.17. The maximum atomic E-state index is 13.4. The molecule has 3 aliphatic rings. The predicted molar refractivity (Wildman–Crippen MR) is 155 cm³/mol. The van der Waals surface area contributed by atoms with Crippen LogP contribution in [-0.4, -0.2) is 84.3 Å². The number of piperidine rings is 1. The molecular weight excluding hydrogens is 530 g/mol. The number of hydrogen-bond acceptors (Lipinski definition) is 7. The second-order valence-corrected chi connectivity index (χ2v) is 15.5. The van der Waals surface area contributed by atoms with Gasteiger partial charge < -0.3 is 20.5 Å². The SMILES string of the molecule is C[C@H]1[C@@H](OC(=O)N[C@@H](Cc2ccccc2)[C@H](O)CN2C[C@H]3CCCC[C@H]3C[C@H]2C(=O)NC(C)(C)C)CCS1(=O)=O. The van der Waals surface area contributed by atoms with Crippen LogP contribution in [-0.2, 0) is 25.8 Å². The molecule has 0 spiro atoms. The minimum absolute atomic E-state index is 0.00266. The van der Waals surface area contributed by atoms with Gasteiger partial charge in [-0.15, -0.1) is 0 Å². The van der Waals surface area contributed by atoms with Gasteiger partial charge in [0.05, 0.1) is 29.2 Å². The zero-order chi connectivity index (χ0) is 29.1. The summed E-state index contributed by atoms with van der Waals surface area (Å²) in [5.74, 6) is 0.982. The Labute approximate surface area is 239 Å². The molecule has 2 heterocycles. The van der Waals surface area contributed by atoms with Gasteiger partial charge in [-0.3, -0.25) is 9.69 Å². The summed E-state index contributed by atoms with van der Waals surface area (Å²) >= 11 is 0. The third-order valence-electron chi connectivity index (χ3n) is 8.83. The molecule has 2 saturated heterocycles. The number of nitrogens with one attached hydrogen (secondary N) is 2. The van der Waals surface area contributed by atoms with Crippen molar-refractivity contribution in [2.45, 2.75) is 108 Å². The molecule has 3 fully saturated rings. The maximum Gasteiger partial charge on any atom is 0.407 e. The molecule has 7 atom stereocenters. The third-order valence-corrected chi connectivity index (χ3v) is 11.1. The molecule has 1 aromatic rings. The molecule has 4 rings (SSSR count). The first-order valence-electron chi connectivity index (χ1n) is 14.8. The molecule has 1 saturated carbocycles. The van der Waals surface area contributed by atoms with E-state index < -0.39 is 39.4 Å². The molecule has 1 aliphatic carbocycles. The number of ether oxygens (including phenoxy) is 1. The number of hydrogen-bond donors (Lipinski definition) is 3. The number of nitrogens with zero attached hydrogens (tertiary/aromatic N) is 1. The molecule has 40 heavy (non-hydrogen) atoms. The summed E-state index contributed by atoms with van der Waals surface area (Å²) in [6, 6.07) is 8.56. The Balaban J connectivity index is 1.49. The van der Waals surface area contributed by atoms with Crippen molar-refractivity contribution in [3.63, 3.8) is 0 Å². The Morgan fingerprint density at radius 2 is 1.77 bits per heavy atom. The van der Waals surface area contributed by atoms with Crippen molar-refractivity contribution in [1.29, 1.82) is 0 Å². The van der Waals surface area contributed by atoms with E-state index >= 15 is 0 Å². The van der Waals surface area contributed by atoms with Gasteiger partial charge in [-0.2, -0.15) is 0 Å². The monoisotopic (exact) mass is 577 g/mol. The van der Waals surface area contributed by atoms with Crippen LogP contribution >= 0.6 is 0 Å². The Morgan fingerprint density at radius 1 is 1.10 bits per heavy atom. The first kappa shape index (κ1) is 30.8. The number of carbonyl (C=O) groups is 2. The average Bonchev–Trinajstić information content (AvgIpc) is 3.14. The van der Waals surface area contributed by atoms with Gasteiger partial charge in [0.15, 0.2) is 9.84 Å². The van der Waals surface area contributed by atoms with E-state index in [0.717, 1.165) is 31.4 Å². The largest absolute Gasteiger partial charge is 0.445 e. The molecule has 0 aromatic heterocycles. The van der Waals surface area contributed by atoms with Gasteiger partial charge in [0, 0.05) is 18.6 Å². The minimum atomic E-state index is -3.27. The van der Waals surface area contributed by atoms with Crippen LogP contribution in [0.1, 0.15) is 71.8 Å². The van der Waals surface area contributed by atoms with Crippen LogP contribution in [0.15, 0.2) is 30.3 Å². The summed E-state index contributed by atoms with van der Waals surface area (Å²) < 4.78 is 29.8. The van der Waals surface area contributed by atoms with Gasteiger partial charge in [0.2, 0.25) is 5.91 Å². The number of β-amino-alcohol motifs (C(OH)–C–C–N with tert-alkyl or cyclic N) is 1. The Kier molecular flexibility index (Phi) is 9.83. The standard InChI is InChI=1S/C30H47N3O6S/c1-20-27(14-15-40(20,37)38)39-29(36)31-24(16-21-10-6-5-7-11-21)26(34)19-33-18-23-13-9-8-12-22(23)17-25(33)28(35)32-30(2,3)4/h5-7,10-11,20,22-27,34H,8-9,12-19H2,1-4H3,(H,31,36)(H,32,35)/t20-,22-,23+,24-,25-,26+,27-/m0/s1. The van der Waals surface area contributed by atoms with Crippen molar-refractivity contribution in [2.24, 2.45) is 11.8 Å². The molecule has 0 bridgehead atoms. The normalized spacial score (nSPS) is 30.1. The van der Waals surface area contributed by atoms with E-state index in [1.165, 1.54) is 12.8 Å². The van der Waals surface area contributed by atoms with Crippen LogP contribution in [0, 0.1) is 11.8 Å². The number of aliphatic hydroxyl groups excluding tert-OH is 1. The highest BCUT2D eigenvalue weighted by Gasteiger charge is 2.42. The van der Waals surface area contributed by atoms with E-state index in [9.17, 15) is 23.1 Å².